The van der Waals surface area contributed by atoms with Gasteiger partial charge in [-0.25, -0.2) is 0 Å². The molecule has 4 nitrogen and oxygen atoms in total. The van der Waals surface area contributed by atoms with Crippen molar-refractivity contribution in [2.75, 3.05) is 19.6 Å². The Kier molecular flexibility index (Phi) is 16.4. The molecule has 0 N–H and O–H groups in total. The van der Waals surface area contributed by atoms with Gasteiger partial charge in [0.2, 0.25) is 0 Å². The van der Waals surface area contributed by atoms with Crippen LogP contribution in [-0.4, -0.2) is 0 Å². The molecule has 3 aliphatic rings. The van der Waals surface area contributed by atoms with Gasteiger partial charge < -0.3 is 19.6 Å². The van der Waals surface area contributed by atoms with E-state index in [2.05, 4.69) is 420 Å². The van der Waals surface area contributed by atoms with Gasteiger partial charge >= 0.3 is 0 Å². The second kappa shape index (κ2) is 26.8. The molecule has 0 saturated heterocycles. The zero-order valence-corrected chi connectivity index (χ0v) is 53.2. The Labute approximate surface area is 564 Å². The van der Waals surface area contributed by atoms with Gasteiger partial charge in [-0.3, -0.25) is 0 Å². The normalized spacial score (nSPS) is 15.2. The first-order chi connectivity index (χ1) is 47.6. The molecular formula is C92H70N4. The van der Waals surface area contributed by atoms with E-state index in [1.54, 1.807) is 0 Å². The molecule has 0 aromatic heterocycles. The van der Waals surface area contributed by atoms with Crippen LogP contribution in [-0.2, 0) is 0 Å². The predicted octanol–water partition coefficient (Wildman–Crippen LogP) is 25.3. The van der Waals surface area contributed by atoms with Gasteiger partial charge in [-0.1, -0.05) is 243 Å². The van der Waals surface area contributed by atoms with Crippen molar-refractivity contribution in [1.29, 1.82) is 0 Å². The molecule has 0 atom stereocenters. The van der Waals surface area contributed by atoms with Crippen molar-refractivity contribution in [2.45, 2.75) is 23.7 Å². The zero-order valence-electron chi connectivity index (χ0n) is 53.2. The van der Waals surface area contributed by atoms with E-state index in [0.717, 1.165) is 90.5 Å². The van der Waals surface area contributed by atoms with Crippen LogP contribution in [0.25, 0.3) is 35.4 Å². The van der Waals surface area contributed by atoms with Crippen LogP contribution in [0.3, 0.4) is 0 Å². The highest BCUT2D eigenvalue weighted by Crippen LogP contribution is 2.70. The molecule has 2 bridgehead atoms. The lowest BCUT2D eigenvalue weighted by Crippen LogP contribution is -2.39. The summed E-state index contributed by atoms with van der Waals surface area (Å²) in [5, 5.41) is 0. The van der Waals surface area contributed by atoms with Gasteiger partial charge in [0.1, 0.15) is 0 Å². The number of hydrogen-bond acceptors (Lipinski definition) is 4. The lowest BCUT2D eigenvalue weighted by atomic mass is 9.50. The van der Waals surface area contributed by atoms with Crippen molar-refractivity contribution in [1.82, 2.24) is 0 Å². The van der Waals surface area contributed by atoms with Crippen LogP contribution in [0.2, 0.25) is 0 Å². The Bertz CT molecular complexity index is 4470. The van der Waals surface area contributed by atoms with E-state index in [-0.39, 0.29) is 23.7 Å². The van der Waals surface area contributed by atoms with E-state index in [1.165, 1.54) is 33.4 Å². The van der Waals surface area contributed by atoms with Crippen molar-refractivity contribution < 1.29 is 0 Å². The third kappa shape index (κ3) is 11.9. The minimum absolute atomic E-state index is 0.166. The van der Waals surface area contributed by atoms with Crippen molar-refractivity contribution in [2.24, 2.45) is 0 Å². The lowest BCUT2D eigenvalue weighted by molar-refractivity contribution is 0.233. The maximum Gasteiger partial charge on any atom is 0.0462 e. The Balaban J connectivity index is 0.807. The summed E-state index contributed by atoms with van der Waals surface area (Å²) in [6, 6.07) is 137. The monoisotopic (exact) mass is 1230 g/mol. The molecule has 14 aromatic carbocycles. The molecule has 3 aliphatic carbocycles. The summed E-state index contributed by atoms with van der Waals surface area (Å²) >= 11 is 0. The minimum Gasteiger partial charge on any atom is -0.311 e. The van der Waals surface area contributed by atoms with Gasteiger partial charge in [0.15, 0.2) is 0 Å². The summed E-state index contributed by atoms with van der Waals surface area (Å²) in [6.07, 6.45) is 9.12. The van der Waals surface area contributed by atoms with Crippen molar-refractivity contribution >= 4 is 92.6 Å². The number of hydrogen-bond donors (Lipinski definition) is 0. The lowest BCUT2D eigenvalue weighted by Gasteiger charge is -2.53. The van der Waals surface area contributed by atoms with Gasteiger partial charge in [0.25, 0.3) is 0 Å². The molecule has 458 valence electrons. The molecule has 1 fully saturated rings. The second-order valence-electron chi connectivity index (χ2n) is 24.9. The molecule has 14 aromatic rings. The first kappa shape index (κ1) is 58.8. The molecule has 17 rings (SSSR count). The fraction of sp³-hybridized carbons (Fsp3) is 0.0435. The Morgan fingerprint density at radius 2 is 0.354 bits per heavy atom. The van der Waals surface area contributed by atoms with Gasteiger partial charge in [0, 0.05) is 68.2 Å². The molecule has 0 amide bonds. The van der Waals surface area contributed by atoms with Crippen LogP contribution >= 0.6 is 0 Å². The molecule has 0 unspecified atom stereocenters. The second-order valence-corrected chi connectivity index (χ2v) is 24.9. The topological polar surface area (TPSA) is 13.0 Å². The highest BCUT2D eigenvalue weighted by atomic mass is 15.2. The quantitative estimate of drug-likeness (QED) is 0.0794. The van der Waals surface area contributed by atoms with Crippen LogP contribution in [0, 0.1) is 0 Å². The average Bonchev–Trinajstić information content (AvgIpc) is 1.48. The summed E-state index contributed by atoms with van der Waals surface area (Å²) in [5.74, 6) is 0.709. The molecule has 0 spiro atoms. The molecule has 96 heavy (non-hydrogen) atoms. The standard InChI is InChI=1S/C92H70N4/c1-9-25-73(26-10-1)93(74-27-11-2-12-28-74)81-55-45-67(46-56-81)41-43-69-49-63-85-87(65-69)88-66-70(44-42-68-47-57-82(58-48-68)94(75-29-13-3-14-30-75)76-31-15-4-16-32-76)50-64-86(88)92-89(71-51-59-83(60-52-71)95(77-33-17-5-18-34-77)78-35-19-6-20-36-78)91(85)90(92)72-53-61-84(62-54-72)96(79-37-21-7-22-38-79)80-39-23-8-24-40-80/h1-66,89-92H/b43-41+,44-42+. The van der Waals surface area contributed by atoms with E-state index in [4.69, 9.17) is 0 Å². The van der Waals surface area contributed by atoms with Crippen LogP contribution in [0.4, 0.5) is 68.2 Å². The summed E-state index contributed by atoms with van der Waals surface area (Å²) in [5.41, 5.74) is 26.0. The van der Waals surface area contributed by atoms with Crippen molar-refractivity contribution in [3.63, 3.8) is 0 Å². The fourth-order valence-electron chi connectivity index (χ4n) is 14.7. The molecule has 0 radical (unpaired) electrons. The fourth-order valence-corrected chi connectivity index (χ4v) is 14.7. The van der Waals surface area contributed by atoms with E-state index in [9.17, 15) is 0 Å². The smallest absolute Gasteiger partial charge is 0.0462 e. The molecule has 4 heteroatoms. The first-order valence-electron chi connectivity index (χ1n) is 33.3. The number of benzene rings is 14. The zero-order chi connectivity index (χ0) is 64.0. The maximum absolute atomic E-state index is 2.47. The Morgan fingerprint density at radius 1 is 0.167 bits per heavy atom. The summed E-state index contributed by atoms with van der Waals surface area (Å²) in [6.45, 7) is 0. The summed E-state index contributed by atoms with van der Waals surface area (Å²) < 4.78 is 0. The van der Waals surface area contributed by atoms with E-state index >= 15 is 0 Å². The third-order valence-corrected chi connectivity index (χ3v) is 19.1. The van der Waals surface area contributed by atoms with Crippen LogP contribution in [0.1, 0.15) is 68.2 Å². The van der Waals surface area contributed by atoms with Gasteiger partial charge in [0.05, 0.1) is 0 Å². The number of nitrogens with zero attached hydrogens (tertiary/aromatic N) is 4. The molecule has 1 saturated carbocycles. The maximum atomic E-state index is 2.47. The van der Waals surface area contributed by atoms with E-state index in [0.29, 0.717) is 0 Å². The van der Waals surface area contributed by atoms with Gasteiger partial charge in [-0.2, -0.15) is 0 Å². The first-order valence-corrected chi connectivity index (χ1v) is 33.3. The number of rotatable bonds is 18. The molecule has 0 aliphatic heterocycles. The number of para-hydroxylation sites is 8. The Hall–Kier alpha value is -12.2. The Morgan fingerprint density at radius 3 is 0.583 bits per heavy atom. The predicted molar refractivity (Wildman–Crippen MR) is 405 cm³/mol. The van der Waals surface area contributed by atoms with Crippen molar-refractivity contribution in [3.8, 4) is 11.1 Å². The largest absolute Gasteiger partial charge is 0.311 e. The molecule has 0 heterocycles. The SMILES string of the molecule is C(=C\c1ccc2c(c1)-c1cc(/C=C/c3ccc(N(c4ccccc4)c4ccccc4)cc3)ccc1C1C(c3ccc(N(c4ccccc4)c4ccccc4)cc3)C2C1c1ccc(N(c2ccccc2)c2ccccc2)cc1)/c1ccc(N(c2ccccc2)c2ccccc2)cc1. The van der Waals surface area contributed by atoms with Crippen molar-refractivity contribution in [3.05, 3.63) is 421 Å². The highest BCUT2D eigenvalue weighted by Gasteiger charge is 2.55. The summed E-state index contributed by atoms with van der Waals surface area (Å²) in [4.78, 5) is 9.35. The van der Waals surface area contributed by atoms with Gasteiger partial charge in [-0.15, -0.1) is 0 Å². The summed E-state index contributed by atoms with van der Waals surface area (Å²) in [7, 11) is 0. The van der Waals surface area contributed by atoms with Crippen LogP contribution in [0.5, 0.6) is 0 Å². The van der Waals surface area contributed by atoms with Crippen LogP contribution < -0.4 is 19.6 Å². The van der Waals surface area contributed by atoms with E-state index < -0.39 is 0 Å². The minimum atomic E-state index is 0.166. The number of anilines is 12. The third-order valence-electron chi connectivity index (χ3n) is 19.1. The van der Waals surface area contributed by atoms with Crippen LogP contribution in [0.15, 0.2) is 376 Å². The molecular weight excluding hydrogens is 1160 g/mol. The average molecular weight is 1230 g/mol. The van der Waals surface area contributed by atoms with Gasteiger partial charge in [-0.05, 0) is 237 Å². The van der Waals surface area contributed by atoms with E-state index in [1.807, 2.05) is 0 Å². The highest BCUT2D eigenvalue weighted by molar-refractivity contribution is 5.86.